The first-order valence-electron chi connectivity index (χ1n) is 9.61. The van der Waals surface area contributed by atoms with E-state index in [-0.39, 0.29) is 5.91 Å². The number of hydrogen-bond acceptors (Lipinski definition) is 6. The van der Waals surface area contributed by atoms with Gasteiger partial charge in [0.2, 0.25) is 11.6 Å². The van der Waals surface area contributed by atoms with Gasteiger partial charge in [-0.15, -0.1) is 0 Å². The number of anilines is 1. The number of carbonyl (C=O) groups is 1. The molecule has 3 aromatic carbocycles. The maximum Gasteiger partial charge on any atom is 0.255 e. The Morgan fingerprint density at radius 1 is 0.903 bits per heavy atom. The monoisotopic (exact) mass is 418 g/mol. The van der Waals surface area contributed by atoms with Gasteiger partial charge >= 0.3 is 0 Å². The summed E-state index contributed by atoms with van der Waals surface area (Å²) in [6.45, 7) is 1.98. The second-order valence-electron chi connectivity index (χ2n) is 6.94. The summed E-state index contributed by atoms with van der Waals surface area (Å²) in [5.74, 6) is 1.71. The maximum absolute atomic E-state index is 12.5. The molecule has 0 radical (unpaired) electrons. The summed E-state index contributed by atoms with van der Waals surface area (Å²) >= 11 is 0. The fourth-order valence-corrected chi connectivity index (χ4v) is 3.24. The van der Waals surface area contributed by atoms with Crippen LogP contribution in [0, 0.1) is 6.92 Å². The minimum absolute atomic E-state index is 0.187. The number of methoxy groups -OCH3 is 3. The molecule has 0 saturated heterocycles. The summed E-state index contributed by atoms with van der Waals surface area (Å²) in [6.07, 6.45) is 0. The van der Waals surface area contributed by atoms with Gasteiger partial charge in [0.25, 0.3) is 5.91 Å². The Hall–Kier alpha value is -4.00. The van der Waals surface area contributed by atoms with Crippen molar-refractivity contribution in [2.24, 2.45) is 0 Å². The Labute approximate surface area is 179 Å². The molecule has 1 aromatic heterocycles. The highest BCUT2D eigenvalue weighted by Gasteiger charge is 2.17. The van der Waals surface area contributed by atoms with Crippen LogP contribution in [0.25, 0.3) is 22.6 Å². The molecule has 4 rings (SSSR count). The Kier molecular flexibility index (Phi) is 5.49. The zero-order valence-electron chi connectivity index (χ0n) is 17.7. The van der Waals surface area contributed by atoms with Gasteiger partial charge in [0, 0.05) is 16.8 Å². The van der Waals surface area contributed by atoms with Gasteiger partial charge < -0.3 is 23.9 Å². The van der Waals surface area contributed by atoms with Crippen molar-refractivity contribution >= 4 is 22.7 Å². The standard InChI is InChI=1S/C24H22N2O5/c1-14-5-7-15(8-6-14)23(27)25-17-9-10-19-18(13-17)26-24(31-19)16-11-20(28-2)22(30-4)21(12-16)29-3/h5-13H,1-4H3,(H,25,27). The van der Waals surface area contributed by atoms with Crippen LogP contribution >= 0.6 is 0 Å². The van der Waals surface area contributed by atoms with E-state index in [4.69, 9.17) is 18.6 Å². The van der Waals surface area contributed by atoms with E-state index in [0.717, 1.165) is 5.56 Å². The first kappa shape index (κ1) is 20.3. The Balaban J connectivity index is 1.65. The van der Waals surface area contributed by atoms with E-state index in [1.165, 1.54) is 0 Å². The van der Waals surface area contributed by atoms with E-state index in [1.807, 2.05) is 19.1 Å². The molecule has 1 amide bonds. The van der Waals surface area contributed by atoms with Crippen molar-refractivity contribution in [3.63, 3.8) is 0 Å². The molecule has 0 bridgehead atoms. The molecule has 0 fully saturated rings. The first-order chi connectivity index (χ1) is 15.0. The third kappa shape index (κ3) is 4.02. The van der Waals surface area contributed by atoms with Crippen molar-refractivity contribution in [1.82, 2.24) is 4.98 Å². The van der Waals surface area contributed by atoms with E-state index in [9.17, 15) is 4.79 Å². The van der Waals surface area contributed by atoms with E-state index in [0.29, 0.717) is 51.1 Å². The second-order valence-corrected chi connectivity index (χ2v) is 6.94. The molecule has 0 spiro atoms. The number of fused-ring (bicyclic) bond motifs is 1. The Morgan fingerprint density at radius 2 is 1.58 bits per heavy atom. The predicted molar refractivity (Wildman–Crippen MR) is 118 cm³/mol. The van der Waals surface area contributed by atoms with Crippen LogP contribution in [0.3, 0.4) is 0 Å². The summed E-state index contributed by atoms with van der Waals surface area (Å²) in [7, 11) is 4.65. The number of rotatable bonds is 6. The van der Waals surface area contributed by atoms with Crippen molar-refractivity contribution in [2.75, 3.05) is 26.6 Å². The number of amides is 1. The summed E-state index contributed by atoms with van der Waals surface area (Å²) in [5.41, 5.74) is 4.20. The largest absolute Gasteiger partial charge is 0.493 e. The zero-order chi connectivity index (χ0) is 22.0. The highest BCUT2D eigenvalue weighted by molar-refractivity contribution is 6.05. The van der Waals surface area contributed by atoms with Gasteiger partial charge in [0.05, 0.1) is 21.3 Å². The van der Waals surface area contributed by atoms with E-state index >= 15 is 0 Å². The van der Waals surface area contributed by atoms with E-state index < -0.39 is 0 Å². The highest BCUT2D eigenvalue weighted by Crippen LogP contribution is 2.41. The van der Waals surface area contributed by atoms with E-state index in [2.05, 4.69) is 10.3 Å². The fraction of sp³-hybridized carbons (Fsp3) is 0.167. The van der Waals surface area contributed by atoms with Crippen molar-refractivity contribution in [3.8, 4) is 28.7 Å². The SMILES string of the molecule is COc1cc(-c2nc3cc(NC(=O)c4ccc(C)cc4)ccc3o2)cc(OC)c1OC. The molecule has 31 heavy (non-hydrogen) atoms. The molecule has 0 aliphatic heterocycles. The lowest BCUT2D eigenvalue weighted by Crippen LogP contribution is -2.11. The van der Waals surface area contributed by atoms with Crippen LogP contribution in [-0.4, -0.2) is 32.2 Å². The molecule has 7 heteroatoms. The van der Waals surface area contributed by atoms with Gasteiger partial charge in [-0.3, -0.25) is 4.79 Å². The number of oxazole rings is 1. The minimum Gasteiger partial charge on any atom is -0.493 e. The quantitative estimate of drug-likeness (QED) is 0.470. The molecule has 0 atom stereocenters. The van der Waals surface area contributed by atoms with Crippen LogP contribution in [0.1, 0.15) is 15.9 Å². The van der Waals surface area contributed by atoms with Crippen molar-refractivity contribution in [1.29, 1.82) is 0 Å². The Bertz CT molecular complexity index is 1220. The molecule has 0 aliphatic carbocycles. The van der Waals surface area contributed by atoms with Gasteiger partial charge in [0.1, 0.15) is 5.52 Å². The topological polar surface area (TPSA) is 82.8 Å². The normalized spacial score (nSPS) is 10.7. The third-order valence-electron chi connectivity index (χ3n) is 4.87. The molecule has 4 aromatic rings. The lowest BCUT2D eigenvalue weighted by molar-refractivity contribution is 0.102. The number of aromatic nitrogens is 1. The average molecular weight is 418 g/mol. The molecule has 1 heterocycles. The molecule has 158 valence electrons. The third-order valence-corrected chi connectivity index (χ3v) is 4.87. The second kappa shape index (κ2) is 8.39. The van der Waals surface area contributed by atoms with Crippen LogP contribution in [0.4, 0.5) is 5.69 Å². The number of nitrogens with zero attached hydrogens (tertiary/aromatic N) is 1. The molecule has 0 unspecified atom stereocenters. The lowest BCUT2D eigenvalue weighted by Gasteiger charge is -2.12. The molecule has 7 nitrogen and oxygen atoms in total. The number of hydrogen-bond donors (Lipinski definition) is 1. The molecular formula is C24H22N2O5. The van der Waals surface area contributed by atoms with Crippen molar-refractivity contribution in [2.45, 2.75) is 6.92 Å². The summed E-state index contributed by atoms with van der Waals surface area (Å²) in [5, 5.41) is 2.89. The summed E-state index contributed by atoms with van der Waals surface area (Å²) in [6, 6.07) is 16.3. The molecular weight excluding hydrogens is 396 g/mol. The highest BCUT2D eigenvalue weighted by atomic mass is 16.5. The van der Waals surface area contributed by atoms with Crippen molar-refractivity contribution in [3.05, 3.63) is 65.7 Å². The molecule has 0 aliphatic rings. The van der Waals surface area contributed by atoms with Gasteiger partial charge in [-0.2, -0.15) is 0 Å². The summed E-state index contributed by atoms with van der Waals surface area (Å²) in [4.78, 5) is 17.1. The smallest absolute Gasteiger partial charge is 0.255 e. The van der Waals surface area contributed by atoms with Crippen LogP contribution in [0.15, 0.2) is 59.0 Å². The number of nitrogens with one attached hydrogen (secondary N) is 1. The molecule has 0 saturated carbocycles. The van der Waals surface area contributed by atoms with Gasteiger partial charge in [0.15, 0.2) is 17.1 Å². The number of benzene rings is 3. The number of aryl methyl sites for hydroxylation is 1. The van der Waals surface area contributed by atoms with Gasteiger partial charge in [-0.05, 0) is 49.4 Å². The predicted octanol–water partition coefficient (Wildman–Crippen LogP) is 5.08. The average Bonchev–Trinajstić information content (AvgIpc) is 3.21. The fourth-order valence-electron chi connectivity index (χ4n) is 3.24. The van der Waals surface area contributed by atoms with Crippen LogP contribution in [0.2, 0.25) is 0 Å². The zero-order valence-corrected chi connectivity index (χ0v) is 17.7. The van der Waals surface area contributed by atoms with Crippen LogP contribution in [-0.2, 0) is 0 Å². The minimum atomic E-state index is -0.187. The summed E-state index contributed by atoms with van der Waals surface area (Å²) < 4.78 is 22.1. The molecule has 1 N–H and O–H groups in total. The maximum atomic E-state index is 12.5. The first-order valence-corrected chi connectivity index (χ1v) is 9.61. The van der Waals surface area contributed by atoms with Gasteiger partial charge in [-0.25, -0.2) is 4.98 Å². The number of ether oxygens (including phenoxy) is 3. The van der Waals surface area contributed by atoms with E-state index in [1.54, 1.807) is 63.8 Å². The van der Waals surface area contributed by atoms with Crippen molar-refractivity contribution < 1.29 is 23.4 Å². The lowest BCUT2D eigenvalue weighted by atomic mass is 10.1. The van der Waals surface area contributed by atoms with Crippen LogP contribution < -0.4 is 19.5 Å². The Morgan fingerprint density at radius 3 is 2.19 bits per heavy atom. The van der Waals surface area contributed by atoms with Gasteiger partial charge in [-0.1, -0.05) is 17.7 Å². The van der Waals surface area contributed by atoms with Crippen LogP contribution in [0.5, 0.6) is 17.2 Å². The number of carbonyl (C=O) groups excluding carboxylic acids is 1.